The zero-order chi connectivity index (χ0) is 13.1. The summed E-state index contributed by atoms with van der Waals surface area (Å²) < 4.78 is 5.52. The van der Waals surface area contributed by atoms with Crippen LogP contribution in [0, 0.1) is 6.92 Å². The van der Waals surface area contributed by atoms with E-state index >= 15 is 0 Å². The molecule has 0 unspecified atom stereocenters. The summed E-state index contributed by atoms with van der Waals surface area (Å²) in [5.74, 6) is 0. The molecule has 0 bridgehead atoms. The lowest BCUT2D eigenvalue weighted by Crippen LogP contribution is -2.13. The number of hydrogen-bond acceptors (Lipinski definition) is 3. The number of aromatic nitrogens is 1. The van der Waals surface area contributed by atoms with Gasteiger partial charge in [0.05, 0.1) is 6.26 Å². The van der Waals surface area contributed by atoms with Crippen LogP contribution >= 0.6 is 0 Å². The van der Waals surface area contributed by atoms with Gasteiger partial charge in [0.15, 0.2) is 0 Å². The second kappa shape index (κ2) is 5.24. The van der Waals surface area contributed by atoms with Gasteiger partial charge in [-0.1, -0.05) is 18.2 Å². The molecule has 0 spiro atoms. The minimum absolute atomic E-state index is 0.797. The maximum Gasteiger partial charge on any atom is 0.134 e. The summed E-state index contributed by atoms with van der Waals surface area (Å²) in [5.41, 5.74) is 4.63. The van der Waals surface area contributed by atoms with Crippen molar-refractivity contribution in [1.29, 1.82) is 0 Å². The van der Waals surface area contributed by atoms with E-state index in [2.05, 4.69) is 23.3 Å². The molecule has 96 valence electrons. The Morgan fingerprint density at radius 2 is 1.95 bits per heavy atom. The molecule has 3 heteroatoms. The van der Waals surface area contributed by atoms with Crippen molar-refractivity contribution in [3.05, 3.63) is 65.7 Å². The Hall–Kier alpha value is -2.13. The number of rotatable bonds is 4. The Kier molecular flexibility index (Phi) is 3.29. The van der Waals surface area contributed by atoms with Crippen LogP contribution in [0.25, 0.3) is 11.0 Å². The highest BCUT2D eigenvalue weighted by Crippen LogP contribution is 2.20. The van der Waals surface area contributed by atoms with Crippen molar-refractivity contribution in [2.75, 3.05) is 0 Å². The van der Waals surface area contributed by atoms with Crippen LogP contribution in [-0.2, 0) is 13.1 Å². The number of furan rings is 1. The molecule has 3 rings (SSSR count). The van der Waals surface area contributed by atoms with Gasteiger partial charge in [0.2, 0.25) is 0 Å². The van der Waals surface area contributed by atoms with Crippen molar-refractivity contribution in [2.24, 2.45) is 0 Å². The van der Waals surface area contributed by atoms with Crippen LogP contribution in [0.2, 0.25) is 0 Å². The van der Waals surface area contributed by atoms with Gasteiger partial charge in [0.25, 0.3) is 0 Å². The Morgan fingerprint density at radius 1 is 1.11 bits per heavy atom. The maximum atomic E-state index is 5.52. The van der Waals surface area contributed by atoms with Crippen LogP contribution in [-0.4, -0.2) is 4.98 Å². The second-order valence-electron chi connectivity index (χ2n) is 4.66. The van der Waals surface area contributed by atoms with E-state index < -0.39 is 0 Å². The topological polar surface area (TPSA) is 38.1 Å². The van der Waals surface area contributed by atoms with Crippen LogP contribution in [0.4, 0.5) is 0 Å². The lowest BCUT2D eigenvalue weighted by atomic mass is 10.1. The van der Waals surface area contributed by atoms with Gasteiger partial charge >= 0.3 is 0 Å². The van der Waals surface area contributed by atoms with Crippen molar-refractivity contribution in [2.45, 2.75) is 20.0 Å². The molecule has 2 aromatic heterocycles. The molecule has 0 saturated carbocycles. The number of hydrogen-bond donors (Lipinski definition) is 1. The first-order valence-electron chi connectivity index (χ1n) is 6.40. The first-order valence-corrected chi connectivity index (χ1v) is 6.40. The van der Waals surface area contributed by atoms with Crippen molar-refractivity contribution in [1.82, 2.24) is 10.3 Å². The summed E-state index contributed by atoms with van der Waals surface area (Å²) in [5, 5.41) is 4.62. The SMILES string of the molecule is Cc1ccncc1CNCc1coc2ccccc12. The number of nitrogens with one attached hydrogen (secondary N) is 1. The van der Waals surface area contributed by atoms with Crippen LogP contribution in [0.1, 0.15) is 16.7 Å². The minimum atomic E-state index is 0.797. The highest BCUT2D eigenvalue weighted by atomic mass is 16.3. The molecule has 0 amide bonds. The van der Waals surface area contributed by atoms with E-state index in [0.29, 0.717) is 0 Å². The van der Waals surface area contributed by atoms with E-state index in [0.717, 1.165) is 18.7 Å². The van der Waals surface area contributed by atoms with E-state index in [1.807, 2.05) is 42.9 Å². The number of benzene rings is 1. The smallest absolute Gasteiger partial charge is 0.134 e. The molecular formula is C16H16N2O. The van der Waals surface area contributed by atoms with Crippen molar-refractivity contribution < 1.29 is 4.42 Å². The van der Waals surface area contributed by atoms with Crippen molar-refractivity contribution >= 4 is 11.0 Å². The van der Waals surface area contributed by atoms with Gasteiger partial charge in [-0.25, -0.2) is 0 Å². The zero-order valence-electron chi connectivity index (χ0n) is 10.9. The predicted molar refractivity (Wildman–Crippen MR) is 75.7 cm³/mol. The fourth-order valence-corrected chi connectivity index (χ4v) is 2.18. The molecule has 2 heterocycles. The van der Waals surface area contributed by atoms with Crippen LogP contribution < -0.4 is 5.32 Å². The fraction of sp³-hybridized carbons (Fsp3) is 0.188. The summed E-state index contributed by atoms with van der Waals surface area (Å²) in [6.45, 7) is 3.72. The van der Waals surface area contributed by atoms with E-state index in [1.165, 1.54) is 22.1 Å². The molecule has 0 radical (unpaired) electrons. The Balaban J connectivity index is 1.68. The van der Waals surface area contributed by atoms with Crippen LogP contribution in [0.3, 0.4) is 0 Å². The lowest BCUT2D eigenvalue weighted by Gasteiger charge is -2.06. The molecule has 0 aliphatic carbocycles. The third-order valence-electron chi connectivity index (χ3n) is 3.34. The molecule has 3 nitrogen and oxygen atoms in total. The first-order chi connectivity index (χ1) is 9.34. The molecule has 19 heavy (non-hydrogen) atoms. The predicted octanol–water partition coefficient (Wildman–Crippen LogP) is 3.43. The quantitative estimate of drug-likeness (QED) is 0.773. The van der Waals surface area contributed by atoms with Gasteiger partial charge in [-0.15, -0.1) is 0 Å². The first kappa shape index (κ1) is 11.9. The number of fused-ring (bicyclic) bond motifs is 1. The summed E-state index contributed by atoms with van der Waals surface area (Å²) in [6, 6.07) is 10.1. The number of pyridine rings is 1. The maximum absolute atomic E-state index is 5.52. The standard InChI is InChI=1S/C16H16N2O/c1-12-6-7-17-8-13(12)9-18-10-14-11-19-16-5-3-2-4-15(14)16/h2-8,11,18H,9-10H2,1H3. The molecule has 0 aliphatic heterocycles. The number of aryl methyl sites for hydroxylation is 1. The van der Waals surface area contributed by atoms with Gasteiger partial charge in [-0.3, -0.25) is 4.98 Å². The van der Waals surface area contributed by atoms with Gasteiger partial charge in [-0.2, -0.15) is 0 Å². The van der Waals surface area contributed by atoms with Crippen molar-refractivity contribution in [3.8, 4) is 0 Å². The Bertz CT molecular complexity index is 688. The average Bonchev–Trinajstić information content (AvgIpc) is 2.85. The van der Waals surface area contributed by atoms with Crippen molar-refractivity contribution in [3.63, 3.8) is 0 Å². The van der Waals surface area contributed by atoms with E-state index in [1.54, 1.807) is 0 Å². The lowest BCUT2D eigenvalue weighted by molar-refractivity contribution is 0.601. The zero-order valence-corrected chi connectivity index (χ0v) is 10.9. The molecule has 1 aromatic carbocycles. The highest BCUT2D eigenvalue weighted by Gasteiger charge is 2.04. The summed E-state index contributed by atoms with van der Waals surface area (Å²) in [7, 11) is 0. The molecule has 0 atom stereocenters. The largest absolute Gasteiger partial charge is 0.464 e. The van der Waals surface area contributed by atoms with Gasteiger partial charge in [0, 0.05) is 36.4 Å². The van der Waals surface area contributed by atoms with Gasteiger partial charge in [-0.05, 0) is 30.2 Å². The van der Waals surface area contributed by atoms with Gasteiger partial charge < -0.3 is 9.73 Å². The minimum Gasteiger partial charge on any atom is -0.464 e. The molecule has 0 saturated heterocycles. The average molecular weight is 252 g/mol. The Labute approximate surface area is 112 Å². The third-order valence-corrected chi connectivity index (χ3v) is 3.34. The molecular weight excluding hydrogens is 236 g/mol. The van der Waals surface area contributed by atoms with Crippen LogP contribution in [0.5, 0.6) is 0 Å². The number of nitrogens with zero attached hydrogens (tertiary/aromatic N) is 1. The molecule has 0 aliphatic rings. The summed E-state index contributed by atoms with van der Waals surface area (Å²) in [4.78, 5) is 4.15. The van der Waals surface area contributed by atoms with E-state index in [9.17, 15) is 0 Å². The summed E-state index contributed by atoms with van der Waals surface area (Å²) >= 11 is 0. The third kappa shape index (κ3) is 2.51. The molecule has 0 fully saturated rings. The van der Waals surface area contributed by atoms with E-state index in [4.69, 9.17) is 4.42 Å². The monoisotopic (exact) mass is 252 g/mol. The van der Waals surface area contributed by atoms with Crippen LogP contribution in [0.15, 0.2) is 53.4 Å². The highest BCUT2D eigenvalue weighted by molar-refractivity contribution is 5.80. The normalized spacial score (nSPS) is 11.0. The van der Waals surface area contributed by atoms with E-state index in [-0.39, 0.29) is 0 Å². The second-order valence-corrected chi connectivity index (χ2v) is 4.66. The number of para-hydroxylation sites is 1. The molecule has 1 N–H and O–H groups in total. The Morgan fingerprint density at radius 3 is 2.84 bits per heavy atom. The fourth-order valence-electron chi connectivity index (χ4n) is 2.18. The molecule has 3 aromatic rings. The van der Waals surface area contributed by atoms with Gasteiger partial charge in [0.1, 0.15) is 5.58 Å². The summed E-state index contributed by atoms with van der Waals surface area (Å²) in [6.07, 6.45) is 5.56.